The van der Waals surface area contributed by atoms with E-state index in [0.717, 1.165) is 39.1 Å². The largest absolute Gasteiger partial charge is 0.353 e. The van der Waals surface area contributed by atoms with Crippen LogP contribution in [-0.2, 0) is 4.79 Å². The highest BCUT2D eigenvalue weighted by Gasteiger charge is 2.23. The molecule has 0 aromatic carbocycles. The summed E-state index contributed by atoms with van der Waals surface area (Å²) in [4.78, 5) is 16.9. The van der Waals surface area contributed by atoms with Crippen LogP contribution in [0.1, 0.15) is 34.1 Å². The number of likely N-dealkylation sites (N-methyl/N-ethyl adjacent to an activating group) is 1. The molecule has 0 aliphatic carbocycles. The van der Waals surface area contributed by atoms with Gasteiger partial charge in [-0.2, -0.15) is 0 Å². The van der Waals surface area contributed by atoms with Crippen molar-refractivity contribution in [3.8, 4) is 0 Å². The van der Waals surface area contributed by atoms with Gasteiger partial charge in [-0.05, 0) is 19.4 Å². The SMILES string of the molecule is CCC(C)C(N)C(=O)NCC(C)N1CCN(CC)CC1. The van der Waals surface area contributed by atoms with E-state index in [1.54, 1.807) is 0 Å². The number of hydrogen-bond donors (Lipinski definition) is 2. The molecule has 118 valence electrons. The molecule has 1 heterocycles. The minimum atomic E-state index is -0.385. The first kappa shape index (κ1) is 17.4. The Morgan fingerprint density at radius 1 is 1.20 bits per heavy atom. The zero-order valence-corrected chi connectivity index (χ0v) is 13.6. The molecule has 0 bridgehead atoms. The smallest absolute Gasteiger partial charge is 0.237 e. The number of nitrogens with zero attached hydrogens (tertiary/aromatic N) is 2. The van der Waals surface area contributed by atoms with Gasteiger partial charge < -0.3 is 16.0 Å². The van der Waals surface area contributed by atoms with Gasteiger partial charge in [0.2, 0.25) is 5.91 Å². The third-order valence-corrected chi connectivity index (χ3v) is 4.61. The van der Waals surface area contributed by atoms with Gasteiger partial charge in [0.1, 0.15) is 0 Å². The quantitative estimate of drug-likeness (QED) is 0.715. The van der Waals surface area contributed by atoms with E-state index in [4.69, 9.17) is 5.73 Å². The zero-order chi connectivity index (χ0) is 15.1. The van der Waals surface area contributed by atoms with Gasteiger partial charge in [0.15, 0.2) is 0 Å². The van der Waals surface area contributed by atoms with Gasteiger partial charge in [-0.15, -0.1) is 0 Å². The van der Waals surface area contributed by atoms with E-state index in [1.807, 2.05) is 6.92 Å². The monoisotopic (exact) mass is 284 g/mol. The Hall–Kier alpha value is -0.650. The van der Waals surface area contributed by atoms with Gasteiger partial charge in [-0.3, -0.25) is 9.69 Å². The maximum absolute atomic E-state index is 12.0. The molecule has 0 aromatic heterocycles. The van der Waals surface area contributed by atoms with Crippen LogP contribution in [0.5, 0.6) is 0 Å². The van der Waals surface area contributed by atoms with Crippen LogP contribution in [0.4, 0.5) is 0 Å². The summed E-state index contributed by atoms with van der Waals surface area (Å²) in [6.07, 6.45) is 0.934. The number of amides is 1. The summed E-state index contributed by atoms with van der Waals surface area (Å²) in [7, 11) is 0. The second-order valence-electron chi connectivity index (χ2n) is 5.98. The minimum Gasteiger partial charge on any atom is -0.353 e. The summed E-state index contributed by atoms with van der Waals surface area (Å²) in [5.74, 6) is 0.219. The van der Waals surface area contributed by atoms with Crippen molar-refractivity contribution in [2.24, 2.45) is 11.7 Å². The van der Waals surface area contributed by atoms with Crippen molar-refractivity contribution in [1.82, 2.24) is 15.1 Å². The van der Waals surface area contributed by atoms with Crippen molar-refractivity contribution < 1.29 is 4.79 Å². The molecule has 0 saturated carbocycles. The zero-order valence-electron chi connectivity index (χ0n) is 13.6. The van der Waals surface area contributed by atoms with Crippen LogP contribution in [0.15, 0.2) is 0 Å². The average Bonchev–Trinajstić information content (AvgIpc) is 2.50. The van der Waals surface area contributed by atoms with Gasteiger partial charge in [0, 0.05) is 38.8 Å². The normalized spacial score (nSPS) is 22.2. The molecule has 0 aromatic rings. The maximum Gasteiger partial charge on any atom is 0.237 e. The molecule has 1 rings (SSSR count). The number of nitrogens with one attached hydrogen (secondary N) is 1. The summed E-state index contributed by atoms with van der Waals surface area (Å²) in [5.41, 5.74) is 5.94. The fraction of sp³-hybridized carbons (Fsp3) is 0.933. The standard InChI is InChI=1S/C15H32N4O/c1-5-12(3)14(16)15(20)17-11-13(4)19-9-7-18(6-2)8-10-19/h12-14H,5-11,16H2,1-4H3,(H,17,20). The van der Waals surface area contributed by atoms with Crippen LogP contribution in [0, 0.1) is 5.92 Å². The maximum atomic E-state index is 12.0. The molecule has 1 saturated heterocycles. The van der Waals surface area contributed by atoms with Gasteiger partial charge in [0.25, 0.3) is 0 Å². The molecular formula is C15H32N4O. The Bertz CT molecular complexity index is 290. The van der Waals surface area contributed by atoms with Crippen molar-refractivity contribution in [2.75, 3.05) is 39.3 Å². The average molecular weight is 284 g/mol. The van der Waals surface area contributed by atoms with E-state index in [0.29, 0.717) is 12.6 Å². The Morgan fingerprint density at radius 3 is 2.30 bits per heavy atom. The lowest BCUT2D eigenvalue weighted by Crippen LogP contribution is -2.53. The van der Waals surface area contributed by atoms with E-state index in [2.05, 4.69) is 35.9 Å². The number of rotatable bonds is 7. The highest BCUT2D eigenvalue weighted by molar-refractivity contribution is 5.81. The Kier molecular flexibility index (Phi) is 7.48. The first-order valence-corrected chi connectivity index (χ1v) is 7.99. The minimum absolute atomic E-state index is 0.0154. The molecule has 5 nitrogen and oxygen atoms in total. The Labute approximate surface area is 123 Å². The molecule has 3 atom stereocenters. The Balaban J connectivity index is 2.29. The lowest BCUT2D eigenvalue weighted by molar-refractivity contribution is -0.123. The molecule has 3 N–H and O–H groups in total. The summed E-state index contributed by atoms with van der Waals surface area (Å²) >= 11 is 0. The molecule has 1 aliphatic heterocycles. The van der Waals surface area contributed by atoms with E-state index >= 15 is 0 Å². The van der Waals surface area contributed by atoms with Gasteiger partial charge in [-0.25, -0.2) is 0 Å². The molecule has 1 fully saturated rings. The molecule has 5 heteroatoms. The van der Waals surface area contributed by atoms with E-state index in [-0.39, 0.29) is 17.9 Å². The highest BCUT2D eigenvalue weighted by Crippen LogP contribution is 2.07. The van der Waals surface area contributed by atoms with Crippen LogP contribution in [0.2, 0.25) is 0 Å². The predicted molar refractivity (Wildman–Crippen MR) is 83.6 cm³/mol. The second-order valence-corrected chi connectivity index (χ2v) is 5.98. The number of hydrogen-bond acceptors (Lipinski definition) is 4. The van der Waals surface area contributed by atoms with Crippen LogP contribution >= 0.6 is 0 Å². The first-order valence-electron chi connectivity index (χ1n) is 7.99. The first-order chi connectivity index (χ1) is 9.49. The number of carbonyl (C=O) groups is 1. The molecule has 20 heavy (non-hydrogen) atoms. The molecule has 3 unspecified atom stereocenters. The van der Waals surface area contributed by atoms with Gasteiger partial charge in [-0.1, -0.05) is 27.2 Å². The van der Waals surface area contributed by atoms with Gasteiger partial charge in [0.05, 0.1) is 6.04 Å². The third kappa shape index (κ3) is 5.04. The van der Waals surface area contributed by atoms with E-state index in [9.17, 15) is 4.79 Å². The fourth-order valence-electron chi connectivity index (χ4n) is 2.53. The van der Waals surface area contributed by atoms with Crippen LogP contribution < -0.4 is 11.1 Å². The lowest BCUT2D eigenvalue weighted by Gasteiger charge is -2.37. The third-order valence-electron chi connectivity index (χ3n) is 4.61. The molecule has 1 aliphatic rings. The number of piperazine rings is 1. The topological polar surface area (TPSA) is 61.6 Å². The lowest BCUT2D eigenvalue weighted by atomic mass is 9.99. The molecule has 1 amide bonds. The molecule has 0 radical (unpaired) electrons. The number of nitrogens with two attached hydrogens (primary N) is 1. The van der Waals surface area contributed by atoms with Crippen LogP contribution in [-0.4, -0.2) is 67.1 Å². The second kappa shape index (κ2) is 8.60. The predicted octanol–water partition coefficient (Wildman–Crippen LogP) is 0.502. The summed E-state index contributed by atoms with van der Waals surface area (Å²) in [6.45, 7) is 14.7. The molecular weight excluding hydrogens is 252 g/mol. The summed E-state index contributed by atoms with van der Waals surface area (Å²) < 4.78 is 0. The fourth-order valence-corrected chi connectivity index (χ4v) is 2.53. The van der Waals surface area contributed by atoms with E-state index < -0.39 is 0 Å². The van der Waals surface area contributed by atoms with Gasteiger partial charge >= 0.3 is 0 Å². The van der Waals surface area contributed by atoms with E-state index in [1.165, 1.54) is 0 Å². The van der Waals surface area contributed by atoms with Crippen molar-refractivity contribution in [3.63, 3.8) is 0 Å². The van der Waals surface area contributed by atoms with Crippen molar-refractivity contribution in [2.45, 2.75) is 46.2 Å². The Morgan fingerprint density at radius 2 is 1.80 bits per heavy atom. The van der Waals surface area contributed by atoms with Crippen LogP contribution in [0.3, 0.4) is 0 Å². The number of carbonyl (C=O) groups excluding carboxylic acids is 1. The van der Waals surface area contributed by atoms with Crippen molar-refractivity contribution in [1.29, 1.82) is 0 Å². The molecule has 0 spiro atoms. The van der Waals surface area contributed by atoms with Crippen LogP contribution in [0.25, 0.3) is 0 Å². The summed E-state index contributed by atoms with van der Waals surface area (Å²) in [5, 5.41) is 3.00. The highest BCUT2D eigenvalue weighted by atomic mass is 16.2. The summed E-state index contributed by atoms with van der Waals surface area (Å²) in [6, 6.07) is -0.00812. The van der Waals surface area contributed by atoms with Crippen molar-refractivity contribution in [3.05, 3.63) is 0 Å². The van der Waals surface area contributed by atoms with Crippen molar-refractivity contribution >= 4 is 5.91 Å².